The Morgan fingerprint density at radius 2 is 2.16 bits per heavy atom. The van der Waals surface area contributed by atoms with E-state index in [1.54, 1.807) is 6.07 Å². The molecule has 0 bridgehead atoms. The molecule has 1 aliphatic rings. The molecule has 0 saturated heterocycles. The Hall–Kier alpha value is -1.20. The Balaban J connectivity index is 2.55. The summed E-state index contributed by atoms with van der Waals surface area (Å²) in [7, 11) is 1.86. The predicted octanol–water partition coefficient (Wildman–Crippen LogP) is 2.86. The number of nitrogens with zero attached hydrogens (tertiary/aromatic N) is 1. The largest absolute Gasteiger partial charge is 0.355 e. The lowest BCUT2D eigenvalue weighted by molar-refractivity contribution is 0.411. The maximum absolute atomic E-state index is 13.5. The van der Waals surface area contributed by atoms with Crippen LogP contribution < -0.4 is 5.73 Å². The van der Waals surface area contributed by atoms with E-state index < -0.39 is 0 Å². The predicted molar refractivity (Wildman–Crippen MR) is 79.6 cm³/mol. The maximum atomic E-state index is 13.5. The molecular formula is C14H17BrFN3. The lowest BCUT2D eigenvalue weighted by Gasteiger charge is -2.38. The summed E-state index contributed by atoms with van der Waals surface area (Å²) < 4.78 is 14.3. The van der Waals surface area contributed by atoms with Crippen molar-refractivity contribution in [3.63, 3.8) is 0 Å². The van der Waals surface area contributed by atoms with Crippen LogP contribution in [-0.2, 0) is 0 Å². The standard InChI is InChI=1S/C14H17BrFN3/c1-8-5-11(13(7-17)19(2)14(8)18)10-6-9(16)3-4-12(10)15/h3-6,8,13,18H,7,17H2,1-2H3. The Morgan fingerprint density at radius 3 is 2.79 bits per heavy atom. The highest BCUT2D eigenvalue weighted by atomic mass is 79.9. The van der Waals surface area contributed by atoms with E-state index in [0.717, 1.165) is 15.6 Å². The first-order chi connectivity index (χ1) is 8.95. The molecule has 0 saturated carbocycles. The van der Waals surface area contributed by atoms with Gasteiger partial charge in [-0.1, -0.05) is 28.9 Å². The van der Waals surface area contributed by atoms with Gasteiger partial charge in [-0.3, -0.25) is 5.41 Å². The van der Waals surface area contributed by atoms with Crippen molar-refractivity contribution >= 4 is 27.3 Å². The van der Waals surface area contributed by atoms with Crippen LogP contribution in [0.3, 0.4) is 0 Å². The van der Waals surface area contributed by atoms with Gasteiger partial charge < -0.3 is 10.6 Å². The van der Waals surface area contributed by atoms with Crippen LogP contribution in [0, 0.1) is 17.1 Å². The fraction of sp³-hybridized carbons (Fsp3) is 0.357. The molecule has 2 unspecified atom stereocenters. The summed E-state index contributed by atoms with van der Waals surface area (Å²) in [5.41, 5.74) is 7.61. The van der Waals surface area contributed by atoms with E-state index in [9.17, 15) is 4.39 Å². The van der Waals surface area contributed by atoms with Gasteiger partial charge in [0.05, 0.1) is 6.04 Å². The van der Waals surface area contributed by atoms with E-state index in [-0.39, 0.29) is 17.8 Å². The highest BCUT2D eigenvalue weighted by Crippen LogP contribution is 2.33. The van der Waals surface area contributed by atoms with Gasteiger partial charge in [-0.15, -0.1) is 0 Å². The summed E-state index contributed by atoms with van der Waals surface area (Å²) in [6.07, 6.45) is 2.00. The molecule has 5 heteroatoms. The number of benzene rings is 1. The SMILES string of the molecule is CC1C=C(c2cc(F)ccc2Br)C(CN)N(C)C1=N. The third kappa shape index (κ3) is 2.58. The highest BCUT2D eigenvalue weighted by molar-refractivity contribution is 9.10. The average Bonchev–Trinajstić information content (AvgIpc) is 2.38. The van der Waals surface area contributed by atoms with Crippen molar-refractivity contribution in [3.05, 3.63) is 40.1 Å². The minimum atomic E-state index is -0.272. The van der Waals surface area contributed by atoms with Crippen LogP contribution in [0.15, 0.2) is 28.7 Å². The number of likely N-dealkylation sites (N-methyl/N-ethyl adjacent to an activating group) is 1. The van der Waals surface area contributed by atoms with Gasteiger partial charge in [-0.05, 0) is 29.3 Å². The smallest absolute Gasteiger partial charge is 0.123 e. The fourth-order valence-electron chi connectivity index (χ4n) is 2.43. The third-order valence-electron chi connectivity index (χ3n) is 3.53. The van der Waals surface area contributed by atoms with E-state index >= 15 is 0 Å². The van der Waals surface area contributed by atoms with Crippen molar-refractivity contribution in [2.75, 3.05) is 13.6 Å². The summed E-state index contributed by atoms with van der Waals surface area (Å²) in [5.74, 6) is 0.260. The molecular weight excluding hydrogens is 309 g/mol. The van der Waals surface area contributed by atoms with Crippen molar-refractivity contribution in [1.29, 1.82) is 5.41 Å². The molecule has 3 nitrogen and oxygen atoms in total. The second kappa shape index (κ2) is 5.43. The van der Waals surface area contributed by atoms with Gasteiger partial charge in [0.25, 0.3) is 0 Å². The van der Waals surface area contributed by atoms with Gasteiger partial charge in [-0.2, -0.15) is 0 Å². The second-order valence-electron chi connectivity index (χ2n) is 4.78. The number of hydrogen-bond donors (Lipinski definition) is 2. The third-order valence-corrected chi connectivity index (χ3v) is 4.22. The molecule has 19 heavy (non-hydrogen) atoms. The highest BCUT2D eigenvalue weighted by Gasteiger charge is 2.29. The maximum Gasteiger partial charge on any atom is 0.123 e. The topological polar surface area (TPSA) is 53.1 Å². The summed E-state index contributed by atoms with van der Waals surface area (Å²) in [6.45, 7) is 2.35. The van der Waals surface area contributed by atoms with Crippen LogP contribution in [0.1, 0.15) is 12.5 Å². The van der Waals surface area contributed by atoms with E-state index in [1.807, 2.05) is 24.9 Å². The van der Waals surface area contributed by atoms with E-state index in [2.05, 4.69) is 15.9 Å². The number of nitrogens with one attached hydrogen (secondary N) is 1. The molecule has 3 N–H and O–H groups in total. The first kappa shape index (κ1) is 14.2. The number of hydrogen-bond acceptors (Lipinski definition) is 2. The number of amidine groups is 1. The normalized spacial score (nSPS) is 23.5. The van der Waals surface area contributed by atoms with Gasteiger partial charge in [0.15, 0.2) is 0 Å². The van der Waals surface area contributed by atoms with Crippen LogP contribution in [0.4, 0.5) is 4.39 Å². The second-order valence-corrected chi connectivity index (χ2v) is 5.64. The van der Waals surface area contributed by atoms with Crippen LogP contribution in [0.5, 0.6) is 0 Å². The zero-order chi connectivity index (χ0) is 14.2. The molecule has 1 aromatic carbocycles. The Bertz CT molecular complexity index is 541. The zero-order valence-corrected chi connectivity index (χ0v) is 12.5. The van der Waals surface area contributed by atoms with Gasteiger partial charge in [-0.25, -0.2) is 4.39 Å². The summed E-state index contributed by atoms with van der Waals surface area (Å²) >= 11 is 3.46. The molecule has 0 radical (unpaired) electrons. The molecule has 1 aromatic rings. The number of nitrogens with two attached hydrogens (primary N) is 1. The summed E-state index contributed by atoms with van der Waals surface area (Å²) in [4.78, 5) is 1.86. The van der Waals surface area contributed by atoms with Crippen molar-refractivity contribution in [1.82, 2.24) is 4.90 Å². The molecule has 0 aromatic heterocycles. The molecule has 0 fully saturated rings. The van der Waals surface area contributed by atoms with Crippen LogP contribution in [-0.4, -0.2) is 30.4 Å². The lowest BCUT2D eigenvalue weighted by Crippen LogP contribution is -2.47. The van der Waals surface area contributed by atoms with Gasteiger partial charge in [0.2, 0.25) is 0 Å². The molecule has 0 aliphatic carbocycles. The first-order valence-corrected chi connectivity index (χ1v) is 6.93. The Kier molecular flexibility index (Phi) is 4.06. The average molecular weight is 326 g/mol. The molecule has 2 atom stereocenters. The van der Waals surface area contributed by atoms with Gasteiger partial charge >= 0.3 is 0 Å². The number of halogens is 2. The van der Waals surface area contributed by atoms with Gasteiger partial charge in [0.1, 0.15) is 11.7 Å². The monoisotopic (exact) mass is 325 g/mol. The molecule has 102 valence electrons. The van der Waals surface area contributed by atoms with Crippen molar-refractivity contribution in [2.45, 2.75) is 13.0 Å². The Labute approximate surface area is 120 Å². The van der Waals surface area contributed by atoms with E-state index in [0.29, 0.717) is 12.4 Å². The molecule has 0 spiro atoms. The summed E-state index contributed by atoms with van der Waals surface area (Å²) in [5, 5.41) is 8.02. The van der Waals surface area contributed by atoms with Crippen molar-refractivity contribution < 1.29 is 4.39 Å². The summed E-state index contributed by atoms with van der Waals surface area (Å²) in [6, 6.07) is 4.53. The first-order valence-electron chi connectivity index (χ1n) is 6.14. The minimum Gasteiger partial charge on any atom is -0.355 e. The van der Waals surface area contributed by atoms with Crippen LogP contribution in [0.2, 0.25) is 0 Å². The van der Waals surface area contributed by atoms with Crippen molar-refractivity contribution in [2.24, 2.45) is 11.7 Å². The molecule has 0 amide bonds. The van der Waals surface area contributed by atoms with E-state index in [4.69, 9.17) is 11.1 Å². The zero-order valence-electron chi connectivity index (χ0n) is 11.0. The van der Waals surface area contributed by atoms with E-state index in [1.165, 1.54) is 12.1 Å². The molecule has 1 heterocycles. The van der Waals surface area contributed by atoms with Crippen molar-refractivity contribution in [3.8, 4) is 0 Å². The Morgan fingerprint density at radius 1 is 1.47 bits per heavy atom. The molecule has 2 rings (SSSR count). The quantitative estimate of drug-likeness (QED) is 0.878. The lowest BCUT2D eigenvalue weighted by atomic mass is 9.89. The minimum absolute atomic E-state index is 0.00188. The fourth-order valence-corrected chi connectivity index (χ4v) is 2.91. The van der Waals surface area contributed by atoms with Crippen LogP contribution in [0.25, 0.3) is 5.57 Å². The van der Waals surface area contributed by atoms with Crippen LogP contribution >= 0.6 is 15.9 Å². The molecule has 1 aliphatic heterocycles. The van der Waals surface area contributed by atoms with Gasteiger partial charge in [0, 0.05) is 24.0 Å². The number of rotatable bonds is 2.